The van der Waals surface area contributed by atoms with Gasteiger partial charge in [0.05, 0.1) is 18.4 Å². The third kappa shape index (κ3) is 3.97. The van der Waals surface area contributed by atoms with Crippen molar-refractivity contribution in [1.29, 1.82) is 0 Å². The summed E-state index contributed by atoms with van der Waals surface area (Å²) in [6.45, 7) is 0.302. The van der Waals surface area contributed by atoms with E-state index in [4.69, 9.17) is 4.74 Å². The predicted molar refractivity (Wildman–Crippen MR) is 98.1 cm³/mol. The van der Waals surface area contributed by atoms with Gasteiger partial charge in [0.15, 0.2) is 0 Å². The summed E-state index contributed by atoms with van der Waals surface area (Å²) in [6.07, 6.45) is 1.54. The Morgan fingerprint density at radius 1 is 1.08 bits per heavy atom. The minimum absolute atomic E-state index is 0.255. The van der Waals surface area contributed by atoms with Crippen LogP contribution < -0.4 is 15.4 Å². The molecule has 0 saturated heterocycles. The quantitative estimate of drug-likeness (QED) is 0.707. The van der Waals surface area contributed by atoms with E-state index in [1.165, 1.54) is 6.07 Å². The van der Waals surface area contributed by atoms with Gasteiger partial charge in [-0.15, -0.1) is 0 Å². The smallest absolute Gasteiger partial charge is 0.255 e. The summed E-state index contributed by atoms with van der Waals surface area (Å²) < 4.78 is 19.1. The first-order valence-electron chi connectivity index (χ1n) is 8.05. The fourth-order valence-electron chi connectivity index (χ4n) is 2.50. The van der Waals surface area contributed by atoms with Gasteiger partial charge in [0, 0.05) is 18.3 Å². The van der Waals surface area contributed by atoms with Crippen molar-refractivity contribution in [1.82, 2.24) is 10.3 Å². The lowest BCUT2D eigenvalue weighted by atomic mass is 10.2. The molecule has 2 N–H and O–H groups in total. The van der Waals surface area contributed by atoms with Gasteiger partial charge < -0.3 is 15.4 Å². The number of hydrogen-bond donors (Lipinski definition) is 2. The van der Waals surface area contributed by atoms with Crippen LogP contribution in [0.1, 0.15) is 15.9 Å². The number of benzene rings is 2. The number of carbonyl (C=O) groups is 1. The molecule has 0 spiro atoms. The molecule has 5 nitrogen and oxygen atoms in total. The second kappa shape index (κ2) is 8.11. The standard InChI is InChI=1S/C20H18FN3O2/c1-26-18-11-5-2-7-14(18)13-23-20(25)15-8-6-12-22-19(15)24-17-10-4-3-9-16(17)21/h2-12H,13H2,1H3,(H,22,24)(H,23,25). The van der Waals surface area contributed by atoms with E-state index in [2.05, 4.69) is 15.6 Å². The maximum absolute atomic E-state index is 13.9. The summed E-state index contributed by atoms with van der Waals surface area (Å²) in [7, 11) is 1.58. The Morgan fingerprint density at radius 3 is 2.65 bits per heavy atom. The largest absolute Gasteiger partial charge is 0.496 e. The summed E-state index contributed by atoms with van der Waals surface area (Å²) >= 11 is 0. The molecule has 6 heteroatoms. The second-order valence-corrected chi connectivity index (χ2v) is 5.50. The van der Waals surface area contributed by atoms with Gasteiger partial charge in [-0.2, -0.15) is 0 Å². The Bertz CT molecular complexity index is 915. The SMILES string of the molecule is COc1ccccc1CNC(=O)c1cccnc1Nc1ccccc1F. The number of aromatic nitrogens is 1. The van der Waals surface area contributed by atoms with Crippen molar-refractivity contribution in [3.05, 3.63) is 83.8 Å². The van der Waals surface area contributed by atoms with Gasteiger partial charge in [0.25, 0.3) is 5.91 Å². The lowest BCUT2D eigenvalue weighted by molar-refractivity contribution is 0.0951. The maximum atomic E-state index is 13.9. The second-order valence-electron chi connectivity index (χ2n) is 5.50. The molecule has 0 atom stereocenters. The minimum Gasteiger partial charge on any atom is -0.496 e. The van der Waals surface area contributed by atoms with Gasteiger partial charge in [-0.1, -0.05) is 30.3 Å². The summed E-state index contributed by atoms with van der Waals surface area (Å²) in [5.74, 6) is 0.250. The highest BCUT2D eigenvalue weighted by atomic mass is 19.1. The van der Waals surface area contributed by atoms with Crippen LogP contribution in [0.2, 0.25) is 0 Å². The molecule has 0 bridgehead atoms. The number of pyridine rings is 1. The highest BCUT2D eigenvalue weighted by Gasteiger charge is 2.14. The van der Waals surface area contributed by atoms with Crippen LogP contribution in [0.15, 0.2) is 66.9 Å². The first kappa shape index (κ1) is 17.4. The van der Waals surface area contributed by atoms with E-state index >= 15 is 0 Å². The number of para-hydroxylation sites is 2. The molecule has 0 radical (unpaired) electrons. The number of halogens is 1. The number of carbonyl (C=O) groups excluding carboxylic acids is 1. The van der Waals surface area contributed by atoms with Crippen LogP contribution in [-0.4, -0.2) is 18.0 Å². The molecular weight excluding hydrogens is 333 g/mol. The Hall–Kier alpha value is -3.41. The summed E-state index contributed by atoms with van der Waals surface area (Å²) in [4.78, 5) is 16.7. The first-order chi connectivity index (χ1) is 12.7. The molecular formula is C20H18FN3O2. The van der Waals surface area contributed by atoms with Crippen LogP contribution in [0, 0.1) is 5.82 Å². The van der Waals surface area contributed by atoms with Gasteiger partial charge in [0.2, 0.25) is 0 Å². The zero-order valence-electron chi connectivity index (χ0n) is 14.2. The molecule has 132 valence electrons. The molecule has 2 aromatic carbocycles. The van der Waals surface area contributed by atoms with Crippen molar-refractivity contribution in [2.45, 2.75) is 6.54 Å². The first-order valence-corrected chi connectivity index (χ1v) is 8.05. The minimum atomic E-state index is -0.418. The lowest BCUT2D eigenvalue weighted by Crippen LogP contribution is -2.24. The number of anilines is 2. The number of ether oxygens (including phenoxy) is 1. The van der Waals surface area contributed by atoms with Crippen LogP contribution in [0.25, 0.3) is 0 Å². The van der Waals surface area contributed by atoms with E-state index in [9.17, 15) is 9.18 Å². The number of nitrogens with one attached hydrogen (secondary N) is 2. The number of amides is 1. The van der Waals surface area contributed by atoms with Gasteiger partial charge in [-0.3, -0.25) is 4.79 Å². The molecule has 0 unspecified atom stereocenters. The molecule has 0 aliphatic rings. The van der Waals surface area contributed by atoms with Crippen LogP contribution in [-0.2, 0) is 6.54 Å². The molecule has 0 aliphatic heterocycles. The van der Waals surface area contributed by atoms with Crippen LogP contribution in [0.4, 0.5) is 15.9 Å². The topological polar surface area (TPSA) is 63.2 Å². The summed E-state index contributed by atoms with van der Waals surface area (Å²) in [5, 5.41) is 5.71. The molecule has 1 aromatic heterocycles. The summed E-state index contributed by atoms with van der Waals surface area (Å²) in [6, 6.07) is 17.0. The normalized spacial score (nSPS) is 10.2. The number of rotatable bonds is 6. The van der Waals surface area contributed by atoms with E-state index in [1.807, 2.05) is 24.3 Å². The van der Waals surface area contributed by atoms with E-state index in [-0.39, 0.29) is 17.4 Å². The monoisotopic (exact) mass is 351 g/mol. The Balaban J connectivity index is 1.77. The fourth-order valence-corrected chi connectivity index (χ4v) is 2.50. The van der Waals surface area contributed by atoms with E-state index < -0.39 is 5.82 Å². The van der Waals surface area contributed by atoms with Crippen molar-refractivity contribution in [3.8, 4) is 5.75 Å². The molecule has 3 rings (SSSR count). The fraction of sp³-hybridized carbons (Fsp3) is 0.100. The molecule has 0 saturated carbocycles. The van der Waals surface area contributed by atoms with Crippen LogP contribution >= 0.6 is 0 Å². The zero-order valence-corrected chi connectivity index (χ0v) is 14.2. The highest BCUT2D eigenvalue weighted by molar-refractivity contribution is 5.99. The molecule has 26 heavy (non-hydrogen) atoms. The third-order valence-electron chi connectivity index (χ3n) is 3.81. The van der Waals surface area contributed by atoms with Crippen LogP contribution in [0.5, 0.6) is 5.75 Å². The Kier molecular flexibility index (Phi) is 5.43. The Labute approximate surface area is 150 Å². The van der Waals surface area contributed by atoms with E-state index in [1.54, 1.807) is 43.6 Å². The van der Waals surface area contributed by atoms with Crippen molar-refractivity contribution >= 4 is 17.4 Å². The average Bonchev–Trinajstić information content (AvgIpc) is 2.68. The van der Waals surface area contributed by atoms with Crippen LogP contribution in [0.3, 0.4) is 0 Å². The molecule has 0 fully saturated rings. The van der Waals surface area contributed by atoms with Gasteiger partial charge in [0.1, 0.15) is 17.4 Å². The maximum Gasteiger partial charge on any atom is 0.255 e. The highest BCUT2D eigenvalue weighted by Crippen LogP contribution is 2.21. The molecule has 1 heterocycles. The van der Waals surface area contributed by atoms with Gasteiger partial charge >= 0.3 is 0 Å². The van der Waals surface area contributed by atoms with Crippen molar-refractivity contribution in [2.24, 2.45) is 0 Å². The third-order valence-corrected chi connectivity index (χ3v) is 3.81. The lowest BCUT2D eigenvalue weighted by Gasteiger charge is -2.13. The van der Waals surface area contributed by atoms with Gasteiger partial charge in [-0.25, -0.2) is 9.37 Å². The van der Waals surface area contributed by atoms with Crippen molar-refractivity contribution in [2.75, 3.05) is 12.4 Å². The van der Waals surface area contributed by atoms with E-state index in [0.29, 0.717) is 17.9 Å². The van der Waals surface area contributed by atoms with Crippen molar-refractivity contribution < 1.29 is 13.9 Å². The summed E-state index contributed by atoms with van der Waals surface area (Å²) in [5.41, 5.74) is 1.44. The van der Waals surface area contributed by atoms with E-state index in [0.717, 1.165) is 5.56 Å². The molecule has 0 aliphatic carbocycles. The number of methoxy groups -OCH3 is 1. The Morgan fingerprint density at radius 2 is 1.85 bits per heavy atom. The number of nitrogens with zero attached hydrogens (tertiary/aromatic N) is 1. The zero-order chi connectivity index (χ0) is 18.4. The van der Waals surface area contributed by atoms with Crippen molar-refractivity contribution in [3.63, 3.8) is 0 Å². The number of hydrogen-bond acceptors (Lipinski definition) is 4. The van der Waals surface area contributed by atoms with Gasteiger partial charge in [-0.05, 0) is 30.3 Å². The average molecular weight is 351 g/mol. The molecule has 3 aromatic rings. The predicted octanol–water partition coefficient (Wildman–Crippen LogP) is 3.90. The molecule has 1 amide bonds.